The first-order valence-electron chi connectivity index (χ1n) is 10.3. The lowest BCUT2D eigenvalue weighted by atomic mass is 10.2. The van der Waals surface area contributed by atoms with Gasteiger partial charge in [0, 0.05) is 6.54 Å². The molecule has 4 aromatic rings. The second-order valence-electron chi connectivity index (χ2n) is 7.33. The molecule has 0 saturated carbocycles. The van der Waals surface area contributed by atoms with E-state index in [9.17, 15) is 9.59 Å². The Labute approximate surface area is 200 Å². The maximum Gasteiger partial charge on any atom is 0.266 e. The smallest absolute Gasteiger partial charge is 0.266 e. The van der Waals surface area contributed by atoms with Crippen LogP contribution in [0.25, 0.3) is 16.6 Å². The van der Waals surface area contributed by atoms with Gasteiger partial charge in [0.1, 0.15) is 5.75 Å². The van der Waals surface area contributed by atoms with Gasteiger partial charge in [0.05, 0.1) is 34.0 Å². The number of hydrogen-bond donors (Lipinski definition) is 1. The minimum Gasteiger partial charge on any atom is -0.495 e. The second kappa shape index (κ2) is 10.1. The van der Waals surface area contributed by atoms with Gasteiger partial charge in [0.25, 0.3) is 5.56 Å². The van der Waals surface area contributed by atoms with Crippen LogP contribution >= 0.6 is 23.4 Å². The van der Waals surface area contributed by atoms with Crippen LogP contribution in [0.5, 0.6) is 5.75 Å². The van der Waals surface area contributed by atoms with Crippen LogP contribution in [0.3, 0.4) is 0 Å². The van der Waals surface area contributed by atoms with Crippen molar-refractivity contribution >= 4 is 40.2 Å². The van der Waals surface area contributed by atoms with Gasteiger partial charge in [-0.2, -0.15) is 0 Å². The van der Waals surface area contributed by atoms with Crippen molar-refractivity contribution in [2.45, 2.75) is 23.9 Å². The highest BCUT2D eigenvalue weighted by Gasteiger charge is 2.20. The van der Waals surface area contributed by atoms with E-state index in [2.05, 4.69) is 5.32 Å². The Morgan fingerprint density at radius 3 is 2.58 bits per heavy atom. The van der Waals surface area contributed by atoms with Crippen molar-refractivity contribution in [1.82, 2.24) is 14.9 Å². The summed E-state index contributed by atoms with van der Waals surface area (Å²) in [5, 5.41) is 3.72. The lowest BCUT2D eigenvalue weighted by Crippen LogP contribution is -2.31. The summed E-state index contributed by atoms with van der Waals surface area (Å²) in [7, 11) is 1.53. The minimum absolute atomic E-state index is 0.148. The molecular weight excluding hydrogens is 458 g/mol. The molecule has 0 fully saturated rings. The first kappa shape index (κ1) is 22.9. The van der Waals surface area contributed by atoms with Crippen molar-refractivity contribution in [2.75, 3.05) is 7.11 Å². The number of nitrogens with zero attached hydrogens (tertiary/aromatic N) is 2. The van der Waals surface area contributed by atoms with Gasteiger partial charge in [0.2, 0.25) is 5.91 Å². The van der Waals surface area contributed by atoms with Crippen LogP contribution < -0.4 is 15.6 Å². The zero-order valence-electron chi connectivity index (χ0n) is 18.1. The highest BCUT2D eigenvalue weighted by Crippen LogP contribution is 2.30. The van der Waals surface area contributed by atoms with E-state index < -0.39 is 5.25 Å². The summed E-state index contributed by atoms with van der Waals surface area (Å²) >= 11 is 7.54. The van der Waals surface area contributed by atoms with Gasteiger partial charge in [0.15, 0.2) is 5.16 Å². The third-order valence-corrected chi connectivity index (χ3v) is 6.45. The summed E-state index contributed by atoms with van der Waals surface area (Å²) in [6.07, 6.45) is 0. The van der Waals surface area contributed by atoms with E-state index in [-0.39, 0.29) is 11.5 Å². The number of halogens is 1. The fraction of sp³-hybridized carbons (Fsp3) is 0.160. The van der Waals surface area contributed by atoms with E-state index in [0.29, 0.717) is 39.1 Å². The zero-order chi connectivity index (χ0) is 23.4. The fourth-order valence-electron chi connectivity index (χ4n) is 3.35. The molecule has 0 aliphatic rings. The molecule has 1 N–H and O–H groups in total. The summed E-state index contributed by atoms with van der Waals surface area (Å²) in [4.78, 5) is 30.9. The van der Waals surface area contributed by atoms with E-state index in [4.69, 9.17) is 21.3 Å². The SMILES string of the molecule is COc1ccc(-n2c(SC(C)C(=O)NCc3ccccc3)nc3ccccc3c2=O)cc1Cl. The van der Waals surface area contributed by atoms with Crippen LogP contribution in [0.4, 0.5) is 0 Å². The van der Waals surface area contributed by atoms with Crippen molar-refractivity contribution < 1.29 is 9.53 Å². The maximum absolute atomic E-state index is 13.4. The van der Waals surface area contributed by atoms with Crippen molar-refractivity contribution in [3.8, 4) is 11.4 Å². The number of benzene rings is 3. The van der Waals surface area contributed by atoms with Crippen molar-refractivity contribution in [3.63, 3.8) is 0 Å². The van der Waals surface area contributed by atoms with Gasteiger partial charge < -0.3 is 10.1 Å². The molecule has 6 nitrogen and oxygen atoms in total. The van der Waals surface area contributed by atoms with Crippen LogP contribution in [0.2, 0.25) is 5.02 Å². The minimum atomic E-state index is -0.484. The van der Waals surface area contributed by atoms with E-state index in [1.165, 1.54) is 23.4 Å². The van der Waals surface area contributed by atoms with Gasteiger partial charge in [-0.1, -0.05) is 65.8 Å². The average molecular weight is 480 g/mol. The Hall–Kier alpha value is -3.29. The Morgan fingerprint density at radius 2 is 1.85 bits per heavy atom. The molecule has 0 bridgehead atoms. The van der Waals surface area contributed by atoms with Crippen LogP contribution in [0.1, 0.15) is 12.5 Å². The van der Waals surface area contributed by atoms with Crippen molar-refractivity contribution in [1.29, 1.82) is 0 Å². The van der Waals surface area contributed by atoms with Crippen molar-refractivity contribution in [3.05, 3.63) is 93.7 Å². The monoisotopic (exact) mass is 479 g/mol. The summed E-state index contributed by atoms with van der Waals surface area (Å²) in [6.45, 7) is 2.22. The Balaban J connectivity index is 1.68. The summed E-state index contributed by atoms with van der Waals surface area (Å²) in [6, 6.07) is 21.9. The van der Waals surface area contributed by atoms with Gasteiger partial charge in [-0.05, 0) is 42.8 Å². The quantitative estimate of drug-likeness (QED) is 0.303. The Bertz CT molecular complexity index is 1360. The predicted molar refractivity (Wildman–Crippen MR) is 133 cm³/mol. The molecule has 1 atom stereocenters. The molecule has 0 aliphatic heterocycles. The summed E-state index contributed by atoms with van der Waals surface area (Å²) < 4.78 is 6.72. The number of aromatic nitrogens is 2. The van der Waals surface area contributed by atoms with Crippen molar-refractivity contribution in [2.24, 2.45) is 0 Å². The number of carbonyl (C=O) groups is 1. The van der Waals surface area contributed by atoms with Gasteiger partial charge in [-0.3, -0.25) is 14.2 Å². The van der Waals surface area contributed by atoms with Gasteiger partial charge in [-0.15, -0.1) is 0 Å². The number of thioether (sulfide) groups is 1. The molecule has 1 unspecified atom stereocenters. The molecular formula is C25H22ClN3O3S. The largest absolute Gasteiger partial charge is 0.495 e. The molecule has 33 heavy (non-hydrogen) atoms. The highest BCUT2D eigenvalue weighted by atomic mass is 35.5. The number of para-hydroxylation sites is 1. The molecule has 0 spiro atoms. The number of nitrogens with one attached hydrogen (secondary N) is 1. The van der Waals surface area contributed by atoms with Gasteiger partial charge >= 0.3 is 0 Å². The topological polar surface area (TPSA) is 73.2 Å². The van der Waals surface area contributed by atoms with E-state index in [1.807, 2.05) is 36.4 Å². The summed E-state index contributed by atoms with van der Waals surface area (Å²) in [5.74, 6) is 0.357. The number of hydrogen-bond acceptors (Lipinski definition) is 5. The van der Waals surface area contributed by atoms with Gasteiger partial charge in [-0.25, -0.2) is 4.98 Å². The third-order valence-electron chi connectivity index (χ3n) is 5.10. The fourth-order valence-corrected chi connectivity index (χ4v) is 4.56. The number of ether oxygens (including phenoxy) is 1. The molecule has 1 heterocycles. The number of amides is 1. The van der Waals surface area contributed by atoms with Crippen LogP contribution in [-0.4, -0.2) is 27.8 Å². The lowest BCUT2D eigenvalue weighted by Gasteiger charge is -2.17. The maximum atomic E-state index is 13.4. The van der Waals surface area contributed by atoms with Crippen LogP contribution in [0.15, 0.2) is 82.7 Å². The molecule has 0 aliphatic carbocycles. The number of rotatable bonds is 7. The lowest BCUT2D eigenvalue weighted by molar-refractivity contribution is -0.120. The first-order chi connectivity index (χ1) is 16.0. The third kappa shape index (κ3) is 5.05. The standard InChI is InChI=1S/C25H22ClN3O3S/c1-16(23(30)27-15-17-8-4-3-5-9-17)33-25-28-21-11-7-6-10-19(21)24(31)29(25)18-12-13-22(32-2)20(26)14-18/h3-14,16H,15H2,1-2H3,(H,27,30). The molecule has 0 radical (unpaired) electrons. The van der Waals surface area contributed by atoms with E-state index in [1.54, 1.807) is 43.3 Å². The number of methoxy groups -OCH3 is 1. The van der Waals surface area contributed by atoms with Crippen LogP contribution in [-0.2, 0) is 11.3 Å². The number of carbonyl (C=O) groups excluding carboxylic acids is 1. The molecule has 1 aromatic heterocycles. The zero-order valence-corrected chi connectivity index (χ0v) is 19.7. The predicted octanol–water partition coefficient (Wildman–Crippen LogP) is 4.84. The molecule has 4 rings (SSSR count). The molecule has 1 amide bonds. The summed E-state index contributed by atoms with van der Waals surface area (Å²) in [5.41, 5.74) is 1.89. The Morgan fingerprint density at radius 1 is 1.12 bits per heavy atom. The molecule has 3 aromatic carbocycles. The highest BCUT2D eigenvalue weighted by molar-refractivity contribution is 8.00. The average Bonchev–Trinajstić information content (AvgIpc) is 2.83. The number of fused-ring (bicyclic) bond motifs is 1. The van der Waals surface area contributed by atoms with Crippen LogP contribution in [0, 0.1) is 0 Å². The van der Waals surface area contributed by atoms with E-state index in [0.717, 1.165) is 5.56 Å². The molecule has 168 valence electrons. The molecule has 0 saturated heterocycles. The first-order valence-corrected chi connectivity index (χ1v) is 11.6. The Kier molecular flexibility index (Phi) is 7.01. The molecule has 8 heteroatoms. The normalized spacial score (nSPS) is 11.8. The second-order valence-corrected chi connectivity index (χ2v) is 9.05. The van der Waals surface area contributed by atoms with E-state index >= 15 is 0 Å².